The number of hydrogen-bond acceptors (Lipinski definition) is 5. The van der Waals surface area contributed by atoms with Crippen molar-refractivity contribution in [1.82, 2.24) is 9.88 Å². The zero-order valence-electron chi connectivity index (χ0n) is 11.7. The van der Waals surface area contributed by atoms with Gasteiger partial charge in [-0.2, -0.15) is 0 Å². The molecule has 0 spiro atoms. The number of piperazine rings is 1. The summed E-state index contributed by atoms with van der Waals surface area (Å²) in [6.45, 7) is 6.14. The fraction of sp³-hybridized carbons (Fsp3) is 0.538. The quantitative estimate of drug-likeness (QED) is 0.615. The van der Waals surface area contributed by atoms with Gasteiger partial charge in [-0.15, -0.1) is 0 Å². The van der Waals surface area contributed by atoms with Gasteiger partial charge in [0.25, 0.3) is 0 Å². The molecule has 7 heteroatoms. The molecule has 0 unspecified atom stereocenters. The van der Waals surface area contributed by atoms with Crippen molar-refractivity contribution < 1.29 is 9.72 Å². The highest BCUT2D eigenvalue weighted by atomic mass is 16.6. The number of amides is 1. The van der Waals surface area contributed by atoms with Gasteiger partial charge in [-0.1, -0.05) is 13.8 Å². The first-order valence-corrected chi connectivity index (χ1v) is 6.63. The molecule has 1 fully saturated rings. The maximum absolute atomic E-state index is 11.9. The lowest BCUT2D eigenvalue weighted by molar-refractivity contribution is -0.384. The first-order chi connectivity index (χ1) is 9.50. The van der Waals surface area contributed by atoms with E-state index >= 15 is 0 Å². The maximum atomic E-state index is 11.9. The van der Waals surface area contributed by atoms with Crippen LogP contribution in [-0.2, 0) is 4.79 Å². The summed E-state index contributed by atoms with van der Waals surface area (Å²) in [7, 11) is 0. The van der Waals surface area contributed by atoms with Crippen LogP contribution in [0.1, 0.15) is 13.8 Å². The molecule has 1 saturated heterocycles. The second-order valence-electron chi connectivity index (χ2n) is 5.09. The van der Waals surface area contributed by atoms with Crippen molar-refractivity contribution in [2.45, 2.75) is 13.8 Å². The van der Waals surface area contributed by atoms with Crippen molar-refractivity contribution in [1.29, 1.82) is 0 Å². The van der Waals surface area contributed by atoms with Gasteiger partial charge in [0.15, 0.2) is 0 Å². The number of carbonyl (C=O) groups excluding carboxylic acids is 1. The van der Waals surface area contributed by atoms with E-state index in [2.05, 4.69) is 4.98 Å². The van der Waals surface area contributed by atoms with Crippen LogP contribution < -0.4 is 4.90 Å². The second-order valence-corrected chi connectivity index (χ2v) is 5.09. The van der Waals surface area contributed by atoms with E-state index in [-0.39, 0.29) is 17.5 Å². The molecule has 1 aromatic rings. The Kier molecular flexibility index (Phi) is 4.16. The van der Waals surface area contributed by atoms with E-state index in [0.717, 1.165) is 0 Å². The summed E-state index contributed by atoms with van der Waals surface area (Å²) in [5.74, 6) is 0.116. The Labute approximate surface area is 117 Å². The zero-order valence-corrected chi connectivity index (χ0v) is 11.7. The summed E-state index contributed by atoms with van der Waals surface area (Å²) in [5.41, 5.74) is 0.581. The van der Waals surface area contributed by atoms with Gasteiger partial charge in [0, 0.05) is 38.3 Å². The summed E-state index contributed by atoms with van der Waals surface area (Å²) in [4.78, 5) is 30.0. The molecule has 0 atom stereocenters. The highest BCUT2D eigenvalue weighted by Gasteiger charge is 2.26. The Balaban J connectivity index is 2.08. The number of aromatic nitrogens is 1. The third kappa shape index (κ3) is 2.87. The summed E-state index contributed by atoms with van der Waals surface area (Å²) in [6.07, 6.45) is 2.81. The van der Waals surface area contributed by atoms with Gasteiger partial charge >= 0.3 is 5.69 Å². The van der Waals surface area contributed by atoms with Crippen molar-refractivity contribution in [2.24, 2.45) is 5.92 Å². The summed E-state index contributed by atoms with van der Waals surface area (Å²) in [6, 6.07) is 1.65. The number of pyridine rings is 1. The lowest BCUT2D eigenvalue weighted by Gasteiger charge is -2.36. The van der Waals surface area contributed by atoms with Crippen molar-refractivity contribution in [3.63, 3.8) is 0 Å². The van der Waals surface area contributed by atoms with Crippen LogP contribution >= 0.6 is 0 Å². The molecule has 0 radical (unpaired) electrons. The van der Waals surface area contributed by atoms with E-state index in [1.165, 1.54) is 6.20 Å². The molecule has 0 saturated carbocycles. The van der Waals surface area contributed by atoms with Crippen LogP contribution in [0.5, 0.6) is 0 Å². The molecular weight excluding hydrogens is 260 g/mol. The SMILES string of the molecule is CC(C)C(=O)N1CCN(c2ccncc2[N+](=O)[O-])CC1. The van der Waals surface area contributed by atoms with Crippen LogP contribution in [0.15, 0.2) is 18.5 Å². The van der Waals surface area contributed by atoms with Gasteiger partial charge in [-0.25, -0.2) is 0 Å². The lowest BCUT2D eigenvalue weighted by atomic mass is 10.1. The van der Waals surface area contributed by atoms with E-state index in [9.17, 15) is 14.9 Å². The number of nitrogens with zero attached hydrogens (tertiary/aromatic N) is 4. The lowest BCUT2D eigenvalue weighted by Crippen LogP contribution is -2.50. The molecule has 0 aliphatic carbocycles. The molecule has 1 aliphatic rings. The molecule has 0 aromatic carbocycles. The monoisotopic (exact) mass is 278 g/mol. The number of nitro groups is 1. The predicted octanol–water partition coefficient (Wildman–Crippen LogP) is 1.29. The molecule has 0 bridgehead atoms. The van der Waals surface area contributed by atoms with Crippen LogP contribution in [-0.4, -0.2) is 46.9 Å². The van der Waals surface area contributed by atoms with Gasteiger partial charge in [-0.05, 0) is 6.07 Å². The van der Waals surface area contributed by atoms with Crippen molar-refractivity contribution in [2.75, 3.05) is 31.1 Å². The molecular formula is C13H18N4O3. The minimum Gasteiger partial charge on any atom is -0.362 e. The van der Waals surface area contributed by atoms with E-state index in [1.54, 1.807) is 12.3 Å². The van der Waals surface area contributed by atoms with Crippen molar-refractivity contribution in [3.8, 4) is 0 Å². The Hall–Kier alpha value is -2.18. The van der Waals surface area contributed by atoms with Crippen LogP contribution in [0.3, 0.4) is 0 Å². The minimum absolute atomic E-state index is 0.0103. The van der Waals surface area contributed by atoms with Gasteiger partial charge in [-0.3, -0.25) is 19.9 Å². The van der Waals surface area contributed by atoms with Crippen molar-refractivity contribution in [3.05, 3.63) is 28.6 Å². The highest BCUT2D eigenvalue weighted by Crippen LogP contribution is 2.27. The molecule has 1 amide bonds. The Morgan fingerprint density at radius 3 is 2.55 bits per heavy atom. The number of carbonyl (C=O) groups is 1. The standard InChI is InChI=1S/C13H18N4O3/c1-10(2)13(18)16-7-5-15(6-8-16)11-3-4-14-9-12(11)17(19)20/h3-4,9-10H,5-8H2,1-2H3. The second kappa shape index (κ2) is 5.85. The third-order valence-corrected chi connectivity index (χ3v) is 3.40. The average molecular weight is 278 g/mol. The zero-order chi connectivity index (χ0) is 14.7. The fourth-order valence-electron chi connectivity index (χ4n) is 2.32. The van der Waals surface area contributed by atoms with Crippen molar-refractivity contribution >= 4 is 17.3 Å². The van der Waals surface area contributed by atoms with Gasteiger partial charge in [0.05, 0.1) is 4.92 Å². The van der Waals surface area contributed by atoms with Crippen LogP contribution in [0, 0.1) is 16.0 Å². The Morgan fingerprint density at radius 2 is 2.00 bits per heavy atom. The average Bonchev–Trinajstić information content (AvgIpc) is 2.46. The van der Waals surface area contributed by atoms with Crippen LogP contribution in [0.2, 0.25) is 0 Å². The predicted molar refractivity (Wildman–Crippen MR) is 74.5 cm³/mol. The van der Waals surface area contributed by atoms with E-state index in [0.29, 0.717) is 31.9 Å². The molecule has 2 rings (SSSR count). The third-order valence-electron chi connectivity index (χ3n) is 3.40. The largest absolute Gasteiger partial charge is 0.362 e. The smallest absolute Gasteiger partial charge is 0.310 e. The normalized spacial score (nSPS) is 15.6. The van der Waals surface area contributed by atoms with Gasteiger partial charge in [0.1, 0.15) is 11.9 Å². The molecule has 7 nitrogen and oxygen atoms in total. The highest BCUT2D eigenvalue weighted by molar-refractivity contribution is 5.78. The molecule has 2 heterocycles. The van der Waals surface area contributed by atoms with Gasteiger partial charge < -0.3 is 9.80 Å². The minimum atomic E-state index is -0.423. The van der Waals surface area contributed by atoms with E-state index in [1.807, 2.05) is 23.6 Å². The molecule has 20 heavy (non-hydrogen) atoms. The van der Waals surface area contributed by atoms with E-state index < -0.39 is 4.92 Å². The first kappa shape index (κ1) is 14.2. The Morgan fingerprint density at radius 1 is 1.35 bits per heavy atom. The molecule has 1 aliphatic heterocycles. The number of hydrogen-bond donors (Lipinski definition) is 0. The summed E-state index contributed by atoms with van der Waals surface area (Å²) < 4.78 is 0. The molecule has 1 aromatic heterocycles. The topological polar surface area (TPSA) is 79.6 Å². The summed E-state index contributed by atoms with van der Waals surface area (Å²) in [5, 5.41) is 11.0. The maximum Gasteiger partial charge on any atom is 0.310 e. The molecule has 0 N–H and O–H groups in total. The first-order valence-electron chi connectivity index (χ1n) is 6.63. The Bertz CT molecular complexity index is 510. The van der Waals surface area contributed by atoms with Crippen LogP contribution in [0.4, 0.5) is 11.4 Å². The molecule has 108 valence electrons. The fourth-order valence-corrected chi connectivity index (χ4v) is 2.32. The summed E-state index contributed by atoms with van der Waals surface area (Å²) >= 11 is 0. The van der Waals surface area contributed by atoms with Crippen LogP contribution in [0.25, 0.3) is 0 Å². The number of anilines is 1. The van der Waals surface area contributed by atoms with Gasteiger partial charge in [0.2, 0.25) is 5.91 Å². The van der Waals surface area contributed by atoms with E-state index in [4.69, 9.17) is 0 Å². The number of rotatable bonds is 3.